The van der Waals surface area contributed by atoms with E-state index in [0.717, 1.165) is 0 Å². The van der Waals surface area contributed by atoms with Crippen LogP contribution in [0.4, 0.5) is 30.7 Å². The average molecular weight is 353 g/mol. The van der Waals surface area contributed by atoms with Crippen LogP contribution < -0.4 is 0 Å². The molecule has 0 bridgehead atoms. The molecule has 2 nitrogen and oxygen atoms in total. The first-order valence-electron chi connectivity index (χ1n) is 5.35. The number of halogens is 8. The molecule has 11 heteroatoms. The fraction of sp³-hybridized carbons (Fsp3) is 1.00. The fourth-order valence-electron chi connectivity index (χ4n) is 1.26. The Bertz CT molecular complexity index is 387. The van der Waals surface area contributed by atoms with E-state index in [0.29, 0.717) is 0 Å². The Kier molecular flexibility index (Phi) is 6.59. The largest absolute Gasteiger partial charge is 0.431 e. The van der Waals surface area contributed by atoms with Gasteiger partial charge < -0.3 is 0 Å². The van der Waals surface area contributed by atoms with E-state index >= 15 is 0 Å². The molecule has 0 aliphatic heterocycles. The number of sulfone groups is 1. The van der Waals surface area contributed by atoms with E-state index in [2.05, 4.69) is 0 Å². The molecule has 0 aliphatic rings. The van der Waals surface area contributed by atoms with Gasteiger partial charge in [-0.05, 0) is 12.8 Å². The predicted molar refractivity (Wildman–Crippen MR) is 59.2 cm³/mol. The van der Waals surface area contributed by atoms with Gasteiger partial charge in [-0.25, -0.2) is 12.8 Å². The third-order valence-electron chi connectivity index (χ3n) is 2.50. The van der Waals surface area contributed by atoms with Crippen LogP contribution in [0, 0.1) is 0 Å². The quantitative estimate of drug-likeness (QED) is 0.398. The second-order valence-corrected chi connectivity index (χ2v) is 6.78. The van der Waals surface area contributed by atoms with Crippen LogP contribution >= 0.6 is 11.6 Å². The third-order valence-corrected chi connectivity index (χ3v) is 4.50. The van der Waals surface area contributed by atoms with E-state index in [1.807, 2.05) is 0 Å². The molecular weight excluding hydrogens is 341 g/mol. The van der Waals surface area contributed by atoms with E-state index in [-0.39, 0.29) is 18.7 Å². The highest BCUT2D eigenvalue weighted by molar-refractivity contribution is 7.91. The Hall–Kier alpha value is -0.250. The summed E-state index contributed by atoms with van der Waals surface area (Å²) in [5.41, 5.74) is -5.53. The topological polar surface area (TPSA) is 34.1 Å². The van der Waals surface area contributed by atoms with Gasteiger partial charge in [0.1, 0.15) is 9.84 Å². The van der Waals surface area contributed by atoms with Crippen molar-refractivity contribution in [2.75, 3.05) is 17.4 Å². The molecule has 20 heavy (non-hydrogen) atoms. The van der Waals surface area contributed by atoms with Crippen molar-refractivity contribution < 1.29 is 39.2 Å². The van der Waals surface area contributed by atoms with Crippen molar-refractivity contribution in [1.29, 1.82) is 0 Å². The lowest BCUT2D eigenvalue weighted by atomic mass is 10.0. The summed E-state index contributed by atoms with van der Waals surface area (Å²) in [5, 5.41) is 0. The van der Waals surface area contributed by atoms with Gasteiger partial charge >= 0.3 is 12.4 Å². The molecular formula is C9H12ClF7O2S. The lowest BCUT2D eigenvalue weighted by Gasteiger charge is -2.29. The van der Waals surface area contributed by atoms with E-state index in [1.54, 1.807) is 0 Å². The molecule has 0 aromatic rings. The van der Waals surface area contributed by atoms with E-state index in [4.69, 9.17) is 11.6 Å². The number of hydrogen-bond donors (Lipinski definition) is 0. The minimum absolute atomic E-state index is 0.0108. The SMILES string of the molecule is O=S(=O)(CCCCCl)CCC(F)(C(F)(F)F)C(F)(F)F. The molecule has 0 fully saturated rings. The zero-order valence-corrected chi connectivity index (χ0v) is 11.6. The van der Waals surface area contributed by atoms with Gasteiger partial charge in [-0.3, -0.25) is 0 Å². The molecule has 0 saturated carbocycles. The van der Waals surface area contributed by atoms with Crippen LogP contribution in [-0.2, 0) is 9.84 Å². The maximum Gasteiger partial charge on any atom is 0.431 e. The summed E-state index contributed by atoms with van der Waals surface area (Å²) >= 11 is 5.25. The molecule has 0 aromatic carbocycles. The lowest BCUT2D eigenvalue weighted by molar-refractivity contribution is -0.341. The minimum Gasteiger partial charge on any atom is -0.229 e. The Labute approximate surface area is 116 Å². The first-order chi connectivity index (χ1) is 8.77. The van der Waals surface area contributed by atoms with Crippen LogP contribution in [0.3, 0.4) is 0 Å². The van der Waals surface area contributed by atoms with Gasteiger partial charge in [0.25, 0.3) is 5.67 Å². The predicted octanol–water partition coefficient (Wildman–Crippen LogP) is 3.64. The summed E-state index contributed by atoms with van der Waals surface area (Å²) in [4.78, 5) is 0. The van der Waals surface area contributed by atoms with Crippen LogP contribution in [-0.4, -0.2) is 43.8 Å². The molecule has 0 unspecified atom stereocenters. The van der Waals surface area contributed by atoms with Crippen molar-refractivity contribution in [3.8, 4) is 0 Å². The van der Waals surface area contributed by atoms with E-state index in [9.17, 15) is 39.2 Å². The zero-order chi connectivity index (χ0) is 16.2. The number of hydrogen-bond acceptors (Lipinski definition) is 2. The van der Waals surface area contributed by atoms with E-state index in [1.165, 1.54) is 0 Å². The van der Waals surface area contributed by atoms with Gasteiger partial charge in [0.05, 0.1) is 11.5 Å². The van der Waals surface area contributed by atoms with Crippen molar-refractivity contribution in [3.63, 3.8) is 0 Å². The van der Waals surface area contributed by atoms with Crippen LogP contribution in [0.25, 0.3) is 0 Å². The van der Waals surface area contributed by atoms with Crippen LogP contribution in [0.15, 0.2) is 0 Å². The maximum atomic E-state index is 13.2. The first kappa shape index (κ1) is 19.8. The molecule has 0 aliphatic carbocycles. The van der Waals surface area contributed by atoms with Crippen molar-refractivity contribution in [1.82, 2.24) is 0 Å². The van der Waals surface area contributed by atoms with Crippen molar-refractivity contribution >= 4 is 21.4 Å². The molecule has 0 radical (unpaired) electrons. The molecule has 0 N–H and O–H groups in total. The standard InChI is InChI=1S/C9H12ClF7O2S/c10-4-1-2-5-20(18,19)6-3-7(11,8(12,13)14)9(15,16)17/h1-6H2. The minimum atomic E-state index is -6.23. The Morgan fingerprint density at radius 3 is 1.60 bits per heavy atom. The molecule has 0 saturated heterocycles. The molecule has 0 spiro atoms. The van der Waals surface area contributed by atoms with Gasteiger partial charge in [-0.1, -0.05) is 0 Å². The number of alkyl halides is 8. The molecule has 0 heterocycles. The van der Waals surface area contributed by atoms with Crippen molar-refractivity contribution in [2.24, 2.45) is 0 Å². The number of unbranched alkanes of at least 4 members (excludes halogenated alkanes) is 1. The zero-order valence-electron chi connectivity index (χ0n) is 9.99. The fourth-order valence-corrected chi connectivity index (χ4v) is 2.89. The summed E-state index contributed by atoms with van der Waals surface area (Å²) in [7, 11) is -4.21. The first-order valence-corrected chi connectivity index (χ1v) is 7.71. The van der Waals surface area contributed by atoms with Crippen molar-refractivity contribution in [3.05, 3.63) is 0 Å². The summed E-state index contributed by atoms with van der Waals surface area (Å²) in [6.45, 7) is 0. The maximum absolute atomic E-state index is 13.2. The molecule has 0 rings (SSSR count). The third kappa shape index (κ3) is 5.27. The van der Waals surface area contributed by atoms with Crippen LogP contribution in [0.1, 0.15) is 19.3 Å². The smallest absolute Gasteiger partial charge is 0.229 e. The summed E-state index contributed by atoms with van der Waals surface area (Å²) < 4.78 is 109. The second kappa shape index (κ2) is 6.67. The summed E-state index contributed by atoms with van der Waals surface area (Å²) in [5.74, 6) is -2.07. The molecule has 0 aromatic heterocycles. The highest BCUT2D eigenvalue weighted by Gasteiger charge is 2.72. The van der Waals surface area contributed by atoms with Gasteiger partial charge in [0.15, 0.2) is 0 Å². The molecule has 0 amide bonds. The van der Waals surface area contributed by atoms with Crippen molar-refractivity contribution in [2.45, 2.75) is 37.3 Å². The van der Waals surface area contributed by atoms with Gasteiger partial charge in [-0.15, -0.1) is 11.6 Å². The van der Waals surface area contributed by atoms with Gasteiger partial charge in [0, 0.05) is 12.3 Å². The number of rotatable bonds is 7. The Morgan fingerprint density at radius 2 is 1.25 bits per heavy atom. The Balaban J connectivity index is 4.90. The molecule has 0 atom stereocenters. The average Bonchev–Trinajstić information content (AvgIpc) is 2.23. The summed E-state index contributed by atoms with van der Waals surface area (Å²) in [6, 6.07) is 0. The van der Waals surface area contributed by atoms with Gasteiger partial charge in [-0.2, -0.15) is 26.3 Å². The van der Waals surface area contributed by atoms with Gasteiger partial charge in [0.2, 0.25) is 0 Å². The monoisotopic (exact) mass is 352 g/mol. The van der Waals surface area contributed by atoms with Crippen LogP contribution in [0.2, 0.25) is 0 Å². The van der Waals surface area contributed by atoms with Crippen LogP contribution in [0.5, 0.6) is 0 Å². The van der Waals surface area contributed by atoms with E-state index < -0.39 is 45.8 Å². The highest BCUT2D eigenvalue weighted by Crippen LogP contribution is 2.48. The lowest BCUT2D eigenvalue weighted by Crippen LogP contribution is -2.54. The normalized spacial score (nSPS) is 14.6. The highest BCUT2D eigenvalue weighted by atomic mass is 35.5. The Morgan fingerprint density at radius 1 is 0.800 bits per heavy atom. The molecule has 122 valence electrons. The second-order valence-electron chi connectivity index (χ2n) is 4.09. The summed E-state index contributed by atoms with van der Waals surface area (Å²) in [6.07, 6.45) is -14.4.